The van der Waals surface area contributed by atoms with Crippen molar-refractivity contribution in [2.24, 2.45) is 0 Å². The van der Waals surface area contributed by atoms with Crippen molar-refractivity contribution in [2.75, 3.05) is 6.61 Å². The number of nitrogens with one attached hydrogen (secondary N) is 1. The average Bonchev–Trinajstić information content (AvgIpc) is 2.65. The Labute approximate surface area is 81.5 Å². The van der Waals surface area contributed by atoms with Crippen LogP contribution in [0.5, 0.6) is 0 Å². The van der Waals surface area contributed by atoms with E-state index in [-0.39, 0.29) is 12.6 Å². The molecule has 4 nitrogen and oxygen atoms in total. The van der Waals surface area contributed by atoms with Crippen LogP contribution in [0.1, 0.15) is 11.7 Å². The fourth-order valence-corrected chi connectivity index (χ4v) is 1.45. The quantitative estimate of drug-likeness (QED) is 0.731. The van der Waals surface area contributed by atoms with Gasteiger partial charge in [-0.3, -0.25) is 0 Å². The molecule has 14 heavy (non-hydrogen) atoms. The molecule has 0 spiro atoms. The standard InChI is InChI=1S/C10H11NO3/c12-9(7-4-2-1-3-5-7)8-6-14-10(13)11-8/h1-5,8-9,12H,6H2,(H,11,13)/t8?,9-/m0/s1. The highest BCUT2D eigenvalue weighted by molar-refractivity contribution is 5.69. The Balaban J connectivity index is 2.09. The number of alkyl carbamates (subject to hydrolysis) is 1. The Morgan fingerprint density at radius 2 is 2.14 bits per heavy atom. The summed E-state index contributed by atoms with van der Waals surface area (Å²) in [5.41, 5.74) is 0.781. The molecule has 1 saturated heterocycles. The maximum absolute atomic E-state index is 10.7. The third kappa shape index (κ3) is 1.70. The first-order valence-corrected chi connectivity index (χ1v) is 4.43. The largest absolute Gasteiger partial charge is 0.447 e. The molecule has 1 aliphatic heterocycles. The van der Waals surface area contributed by atoms with Crippen LogP contribution >= 0.6 is 0 Å². The maximum Gasteiger partial charge on any atom is 0.407 e. The van der Waals surface area contributed by atoms with Crippen LogP contribution in [0.25, 0.3) is 0 Å². The van der Waals surface area contributed by atoms with E-state index < -0.39 is 12.2 Å². The summed E-state index contributed by atoms with van der Waals surface area (Å²) in [6, 6.07) is 8.85. The molecule has 2 atom stereocenters. The molecular weight excluding hydrogens is 182 g/mol. The lowest BCUT2D eigenvalue weighted by Crippen LogP contribution is -2.32. The van der Waals surface area contributed by atoms with Gasteiger partial charge < -0.3 is 15.2 Å². The van der Waals surface area contributed by atoms with Crippen molar-refractivity contribution in [1.29, 1.82) is 0 Å². The Bertz CT molecular complexity index is 325. The van der Waals surface area contributed by atoms with Gasteiger partial charge in [0.25, 0.3) is 0 Å². The number of carbonyl (C=O) groups excluding carboxylic acids is 1. The average molecular weight is 193 g/mol. The summed E-state index contributed by atoms with van der Waals surface area (Å²) in [4.78, 5) is 10.7. The molecule has 0 saturated carbocycles. The van der Waals surface area contributed by atoms with Crippen molar-refractivity contribution < 1.29 is 14.6 Å². The highest BCUT2D eigenvalue weighted by Gasteiger charge is 2.29. The summed E-state index contributed by atoms with van der Waals surface area (Å²) < 4.78 is 4.70. The van der Waals surface area contributed by atoms with Gasteiger partial charge in [-0.25, -0.2) is 4.79 Å². The minimum Gasteiger partial charge on any atom is -0.447 e. The van der Waals surface area contributed by atoms with Gasteiger partial charge in [-0.1, -0.05) is 30.3 Å². The van der Waals surface area contributed by atoms with E-state index in [0.717, 1.165) is 5.56 Å². The first-order chi connectivity index (χ1) is 6.77. The van der Waals surface area contributed by atoms with Crippen LogP contribution in [-0.2, 0) is 4.74 Å². The van der Waals surface area contributed by atoms with E-state index in [1.165, 1.54) is 0 Å². The number of aliphatic hydroxyl groups is 1. The Morgan fingerprint density at radius 1 is 1.43 bits per heavy atom. The zero-order valence-corrected chi connectivity index (χ0v) is 7.51. The van der Waals surface area contributed by atoms with Crippen molar-refractivity contribution in [3.63, 3.8) is 0 Å². The lowest BCUT2D eigenvalue weighted by atomic mass is 10.0. The summed E-state index contributed by atoms with van der Waals surface area (Å²) >= 11 is 0. The maximum atomic E-state index is 10.7. The van der Waals surface area contributed by atoms with E-state index in [1.54, 1.807) is 0 Å². The number of ether oxygens (including phenoxy) is 1. The molecule has 4 heteroatoms. The van der Waals surface area contributed by atoms with Crippen LogP contribution in [0.4, 0.5) is 4.79 Å². The first-order valence-electron chi connectivity index (χ1n) is 4.43. The lowest BCUT2D eigenvalue weighted by molar-refractivity contribution is 0.125. The Hall–Kier alpha value is -1.55. The number of benzene rings is 1. The van der Waals surface area contributed by atoms with E-state index >= 15 is 0 Å². The Morgan fingerprint density at radius 3 is 2.71 bits per heavy atom. The predicted molar refractivity (Wildman–Crippen MR) is 49.7 cm³/mol. The number of amides is 1. The summed E-state index contributed by atoms with van der Waals surface area (Å²) in [6.07, 6.45) is -1.17. The van der Waals surface area contributed by atoms with Crippen LogP contribution in [0.2, 0.25) is 0 Å². The lowest BCUT2D eigenvalue weighted by Gasteiger charge is -2.15. The van der Waals surface area contributed by atoms with Crippen LogP contribution in [0.3, 0.4) is 0 Å². The van der Waals surface area contributed by atoms with Gasteiger partial charge in [0.1, 0.15) is 12.7 Å². The molecule has 1 amide bonds. The molecule has 1 fully saturated rings. The molecule has 2 rings (SSSR count). The highest BCUT2D eigenvalue weighted by atomic mass is 16.6. The summed E-state index contributed by atoms with van der Waals surface area (Å²) in [6.45, 7) is 0.217. The number of hydrogen-bond acceptors (Lipinski definition) is 3. The van der Waals surface area contributed by atoms with Gasteiger partial charge in [-0.05, 0) is 5.56 Å². The number of cyclic esters (lactones) is 1. The van der Waals surface area contributed by atoms with Crippen molar-refractivity contribution >= 4 is 6.09 Å². The van der Waals surface area contributed by atoms with Crippen LogP contribution in [0, 0.1) is 0 Å². The molecule has 0 radical (unpaired) electrons. The second-order valence-electron chi connectivity index (χ2n) is 3.20. The van der Waals surface area contributed by atoms with E-state index in [9.17, 15) is 9.90 Å². The normalized spacial score (nSPS) is 22.6. The molecular formula is C10H11NO3. The second-order valence-corrected chi connectivity index (χ2v) is 3.20. The fourth-order valence-electron chi connectivity index (χ4n) is 1.45. The number of carbonyl (C=O) groups is 1. The third-order valence-electron chi connectivity index (χ3n) is 2.22. The van der Waals surface area contributed by atoms with Crippen LogP contribution in [-0.4, -0.2) is 23.8 Å². The zero-order valence-electron chi connectivity index (χ0n) is 7.51. The van der Waals surface area contributed by atoms with E-state index in [1.807, 2.05) is 30.3 Å². The summed E-state index contributed by atoms with van der Waals surface area (Å²) in [5, 5.41) is 12.4. The van der Waals surface area contributed by atoms with Crippen LogP contribution < -0.4 is 5.32 Å². The second kappa shape index (κ2) is 3.67. The van der Waals surface area contributed by atoms with Crippen molar-refractivity contribution in [1.82, 2.24) is 5.32 Å². The molecule has 1 heterocycles. The molecule has 1 unspecified atom stereocenters. The molecule has 0 aliphatic carbocycles. The van der Waals surface area contributed by atoms with Crippen molar-refractivity contribution in [3.8, 4) is 0 Å². The highest BCUT2D eigenvalue weighted by Crippen LogP contribution is 2.18. The molecule has 1 aromatic rings. The van der Waals surface area contributed by atoms with E-state index in [2.05, 4.69) is 5.32 Å². The third-order valence-corrected chi connectivity index (χ3v) is 2.22. The van der Waals surface area contributed by atoms with Gasteiger partial charge in [-0.2, -0.15) is 0 Å². The van der Waals surface area contributed by atoms with Crippen molar-refractivity contribution in [3.05, 3.63) is 35.9 Å². The minimum absolute atomic E-state index is 0.217. The summed E-state index contributed by atoms with van der Waals surface area (Å²) in [5.74, 6) is 0. The zero-order chi connectivity index (χ0) is 9.97. The molecule has 1 aliphatic rings. The molecule has 0 aromatic heterocycles. The van der Waals surface area contributed by atoms with Gasteiger partial charge in [0.2, 0.25) is 0 Å². The number of rotatable bonds is 2. The van der Waals surface area contributed by atoms with Crippen LogP contribution in [0.15, 0.2) is 30.3 Å². The van der Waals surface area contributed by atoms with Gasteiger partial charge in [0.15, 0.2) is 0 Å². The van der Waals surface area contributed by atoms with Gasteiger partial charge >= 0.3 is 6.09 Å². The van der Waals surface area contributed by atoms with E-state index in [0.29, 0.717) is 0 Å². The monoisotopic (exact) mass is 193 g/mol. The topological polar surface area (TPSA) is 58.6 Å². The van der Waals surface area contributed by atoms with Gasteiger partial charge in [0, 0.05) is 0 Å². The van der Waals surface area contributed by atoms with Gasteiger partial charge in [-0.15, -0.1) is 0 Å². The predicted octanol–water partition coefficient (Wildman–Crippen LogP) is 0.828. The number of aliphatic hydroxyl groups excluding tert-OH is 1. The van der Waals surface area contributed by atoms with E-state index in [4.69, 9.17) is 4.74 Å². The Kier molecular flexibility index (Phi) is 2.37. The summed E-state index contributed by atoms with van der Waals surface area (Å²) in [7, 11) is 0. The number of hydrogen-bond donors (Lipinski definition) is 2. The molecule has 1 aromatic carbocycles. The molecule has 0 bridgehead atoms. The SMILES string of the molecule is O=C1NC([C@@H](O)c2ccccc2)CO1. The fraction of sp³-hybridized carbons (Fsp3) is 0.300. The molecule has 74 valence electrons. The first kappa shape index (κ1) is 9.02. The minimum atomic E-state index is -0.706. The van der Waals surface area contributed by atoms with Crippen molar-refractivity contribution in [2.45, 2.75) is 12.1 Å². The molecule has 2 N–H and O–H groups in total. The smallest absolute Gasteiger partial charge is 0.407 e. The van der Waals surface area contributed by atoms with Gasteiger partial charge in [0.05, 0.1) is 6.04 Å².